The Labute approximate surface area is 112 Å². The maximum atomic E-state index is 9.57. The van der Waals surface area contributed by atoms with Crippen molar-refractivity contribution in [3.8, 4) is 0 Å². The summed E-state index contributed by atoms with van der Waals surface area (Å²) in [6.07, 6.45) is 7.17. The molecule has 1 atom stereocenters. The van der Waals surface area contributed by atoms with E-state index in [0.29, 0.717) is 5.41 Å². The molecule has 2 aliphatic rings. The van der Waals surface area contributed by atoms with E-state index in [2.05, 4.69) is 24.1 Å². The van der Waals surface area contributed by atoms with Crippen LogP contribution in [0.4, 0.5) is 0 Å². The zero-order chi connectivity index (χ0) is 13.0. The molecule has 0 aromatic carbocycles. The van der Waals surface area contributed by atoms with Crippen molar-refractivity contribution in [2.45, 2.75) is 64.5 Å². The van der Waals surface area contributed by atoms with E-state index in [1.165, 1.54) is 32.2 Å². The summed E-state index contributed by atoms with van der Waals surface area (Å²) in [6, 6.07) is 0.810. The molecular formula is C15H30N2O. The summed E-state index contributed by atoms with van der Waals surface area (Å²) < 4.78 is 0. The van der Waals surface area contributed by atoms with Crippen molar-refractivity contribution in [1.29, 1.82) is 0 Å². The minimum absolute atomic E-state index is 0.0525. The lowest BCUT2D eigenvalue weighted by molar-refractivity contribution is 0.0571. The summed E-state index contributed by atoms with van der Waals surface area (Å²) in [6.45, 7) is 9.21. The Bertz CT molecular complexity index is 247. The highest BCUT2D eigenvalue weighted by Gasteiger charge is 2.30. The first-order chi connectivity index (χ1) is 8.61. The molecule has 1 saturated heterocycles. The first kappa shape index (κ1) is 14.3. The van der Waals surface area contributed by atoms with Gasteiger partial charge in [-0.25, -0.2) is 0 Å². The molecule has 2 rings (SSSR count). The fourth-order valence-electron chi connectivity index (χ4n) is 3.12. The molecule has 1 unspecified atom stereocenters. The molecule has 0 amide bonds. The minimum Gasteiger partial charge on any atom is -0.393 e. The predicted molar refractivity (Wildman–Crippen MR) is 75.7 cm³/mol. The van der Waals surface area contributed by atoms with E-state index in [-0.39, 0.29) is 6.10 Å². The van der Waals surface area contributed by atoms with Gasteiger partial charge >= 0.3 is 0 Å². The summed E-state index contributed by atoms with van der Waals surface area (Å²) in [4.78, 5) is 2.55. The van der Waals surface area contributed by atoms with E-state index in [0.717, 1.165) is 38.5 Å². The van der Waals surface area contributed by atoms with Gasteiger partial charge in [0.15, 0.2) is 0 Å². The van der Waals surface area contributed by atoms with E-state index < -0.39 is 0 Å². The highest BCUT2D eigenvalue weighted by atomic mass is 16.3. The van der Waals surface area contributed by atoms with Crippen molar-refractivity contribution >= 4 is 0 Å². The number of hydrogen-bond acceptors (Lipinski definition) is 3. The fraction of sp³-hybridized carbons (Fsp3) is 1.00. The third-order valence-corrected chi connectivity index (χ3v) is 4.41. The van der Waals surface area contributed by atoms with Gasteiger partial charge in [0.05, 0.1) is 6.10 Å². The molecule has 1 aliphatic heterocycles. The van der Waals surface area contributed by atoms with Crippen LogP contribution in [0.2, 0.25) is 0 Å². The molecule has 1 aliphatic carbocycles. The van der Waals surface area contributed by atoms with E-state index in [4.69, 9.17) is 0 Å². The standard InChI is InChI=1S/C15H30N2O/c1-3-8-15(2,11-16-13-4-5-13)12-17-9-6-14(18)7-10-17/h13-14,16,18H,3-12H2,1-2H3. The van der Waals surface area contributed by atoms with Gasteiger partial charge in [0, 0.05) is 32.2 Å². The zero-order valence-electron chi connectivity index (χ0n) is 12.1. The number of aliphatic hydroxyl groups is 1. The lowest BCUT2D eigenvalue weighted by Crippen LogP contribution is -2.46. The Morgan fingerprint density at radius 3 is 2.44 bits per heavy atom. The number of piperidine rings is 1. The molecule has 0 radical (unpaired) electrons. The molecular weight excluding hydrogens is 224 g/mol. The van der Waals surface area contributed by atoms with Crippen LogP contribution < -0.4 is 5.32 Å². The van der Waals surface area contributed by atoms with Crippen LogP contribution >= 0.6 is 0 Å². The molecule has 0 aromatic heterocycles. The Balaban J connectivity index is 1.79. The van der Waals surface area contributed by atoms with Crippen LogP contribution in [0.3, 0.4) is 0 Å². The van der Waals surface area contributed by atoms with Crippen LogP contribution in [0.25, 0.3) is 0 Å². The molecule has 1 heterocycles. The van der Waals surface area contributed by atoms with Gasteiger partial charge in [-0.05, 0) is 37.5 Å². The summed E-state index contributed by atoms with van der Waals surface area (Å²) in [5, 5.41) is 13.3. The molecule has 0 aromatic rings. The Morgan fingerprint density at radius 1 is 1.22 bits per heavy atom. The summed E-state index contributed by atoms with van der Waals surface area (Å²) in [5.41, 5.74) is 0.402. The number of nitrogens with zero attached hydrogens (tertiary/aromatic N) is 1. The van der Waals surface area contributed by atoms with Crippen molar-refractivity contribution in [1.82, 2.24) is 10.2 Å². The second-order valence-electron chi connectivity index (χ2n) is 6.72. The van der Waals surface area contributed by atoms with Gasteiger partial charge in [-0.3, -0.25) is 0 Å². The zero-order valence-corrected chi connectivity index (χ0v) is 12.1. The van der Waals surface area contributed by atoms with Crippen molar-refractivity contribution in [2.75, 3.05) is 26.2 Å². The molecule has 0 spiro atoms. The molecule has 3 heteroatoms. The van der Waals surface area contributed by atoms with Crippen LogP contribution in [-0.4, -0.2) is 48.3 Å². The molecule has 2 N–H and O–H groups in total. The van der Waals surface area contributed by atoms with Crippen LogP contribution in [0.1, 0.15) is 52.4 Å². The molecule has 2 fully saturated rings. The number of nitrogens with one attached hydrogen (secondary N) is 1. The van der Waals surface area contributed by atoms with E-state index in [9.17, 15) is 5.11 Å². The number of likely N-dealkylation sites (tertiary alicyclic amines) is 1. The van der Waals surface area contributed by atoms with Gasteiger partial charge in [-0.2, -0.15) is 0 Å². The SMILES string of the molecule is CCCC(C)(CNC1CC1)CN1CCC(O)CC1. The van der Waals surface area contributed by atoms with Crippen molar-refractivity contribution in [2.24, 2.45) is 5.41 Å². The van der Waals surface area contributed by atoms with Gasteiger partial charge in [-0.1, -0.05) is 20.3 Å². The minimum atomic E-state index is -0.0525. The lowest BCUT2D eigenvalue weighted by Gasteiger charge is -2.38. The maximum absolute atomic E-state index is 9.57. The average Bonchev–Trinajstić information content (AvgIpc) is 3.14. The van der Waals surface area contributed by atoms with E-state index in [1.807, 2.05) is 0 Å². The number of hydrogen-bond donors (Lipinski definition) is 2. The summed E-state index contributed by atoms with van der Waals surface area (Å²) in [5.74, 6) is 0. The highest BCUT2D eigenvalue weighted by Crippen LogP contribution is 2.28. The van der Waals surface area contributed by atoms with Gasteiger partial charge in [0.2, 0.25) is 0 Å². The molecule has 18 heavy (non-hydrogen) atoms. The molecule has 1 saturated carbocycles. The largest absolute Gasteiger partial charge is 0.393 e. The fourth-order valence-corrected chi connectivity index (χ4v) is 3.12. The topological polar surface area (TPSA) is 35.5 Å². The van der Waals surface area contributed by atoms with Gasteiger partial charge in [0.1, 0.15) is 0 Å². The van der Waals surface area contributed by atoms with E-state index >= 15 is 0 Å². The van der Waals surface area contributed by atoms with Gasteiger partial charge in [-0.15, -0.1) is 0 Å². The molecule has 0 bridgehead atoms. The van der Waals surface area contributed by atoms with Crippen molar-refractivity contribution in [3.05, 3.63) is 0 Å². The molecule has 106 valence electrons. The van der Waals surface area contributed by atoms with E-state index in [1.54, 1.807) is 0 Å². The Kier molecular flexibility index (Phi) is 5.05. The summed E-state index contributed by atoms with van der Waals surface area (Å²) in [7, 11) is 0. The first-order valence-corrected chi connectivity index (χ1v) is 7.75. The van der Waals surface area contributed by atoms with Crippen LogP contribution in [0, 0.1) is 5.41 Å². The highest BCUT2D eigenvalue weighted by molar-refractivity contribution is 4.88. The monoisotopic (exact) mass is 254 g/mol. The van der Waals surface area contributed by atoms with Crippen LogP contribution in [0.15, 0.2) is 0 Å². The first-order valence-electron chi connectivity index (χ1n) is 7.75. The number of rotatable bonds is 7. The maximum Gasteiger partial charge on any atom is 0.0564 e. The molecule has 3 nitrogen and oxygen atoms in total. The summed E-state index contributed by atoms with van der Waals surface area (Å²) >= 11 is 0. The third kappa shape index (κ3) is 4.52. The smallest absolute Gasteiger partial charge is 0.0564 e. The Hall–Kier alpha value is -0.120. The normalized spacial score (nSPS) is 26.2. The van der Waals surface area contributed by atoms with Crippen molar-refractivity contribution < 1.29 is 5.11 Å². The van der Waals surface area contributed by atoms with Crippen molar-refractivity contribution in [3.63, 3.8) is 0 Å². The quantitative estimate of drug-likeness (QED) is 0.729. The average molecular weight is 254 g/mol. The van der Waals surface area contributed by atoms with Crippen LogP contribution in [0.5, 0.6) is 0 Å². The number of aliphatic hydroxyl groups excluding tert-OH is 1. The second-order valence-corrected chi connectivity index (χ2v) is 6.72. The third-order valence-electron chi connectivity index (χ3n) is 4.41. The lowest BCUT2D eigenvalue weighted by atomic mass is 9.84. The van der Waals surface area contributed by atoms with Gasteiger partial charge < -0.3 is 15.3 Å². The predicted octanol–water partition coefficient (Wildman–Crippen LogP) is 2.00. The Morgan fingerprint density at radius 2 is 1.89 bits per heavy atom. The van der Waals surface area contributed by atoms with Gasteiger partial charge in [0.25, 0.3) is 0 Å². The van der Waals surface area contributed by atoms with Crippen LogP contribution in [-0.2, 0) is 0 Å². The second kappa shape index (κ2) is 6.36.